The van der Waals surface area contributed by atoms with E-state index < -0.39 is 11.5 Å². The Labute approximate surface area is 191 Å². The highest BCUT2D eigenvalue weighted by molar-refractivity contribution is 6.03. The first-order valence-corrected chi connectivity index (χ1v) is 10.9. The molecule has 2 heterocycles. The van der Waals surface area contributed by atoms with Crippen molar-refractivity contribution in [3.05, 3.63) is 106 Å². The molecule has 1 aliphatic rings. The van der Waals surface area contributed by atoms with E-state index in [-0.39, 0.29) is 11.6 Å². The van der Waals surface area contributed by atoms with Gasteiger partial charge in [0.25, 0.3) is 11.5 Å². The van der Waals surface area contributed by atoms with Crippen molar-refractivity contribution in [1.82, 2.24) is 15.1 Å². The first-order valence-electron chi connectivity index (χ1n) is 10.9. The zero-order valence-electron chi connectivity index (χ0n) is 18.2. The standard InChI is InChI=1S/C27H23N3O3/c1-30-27(32)24(26(31)28-21-16-17-33-22-15-9-8-14-20(21)22)23(18-10-4-2-5-11-18)25(29-30)19-12-6-3-7-13-19/h2-15,21H,16-17H2,1H3,(H,28,31). The molecule has 0 fully saturated rings. The van der Waals surface area contributed by atoms with Crippen LogP contribution in [-0.4, -0.2) is 22.3 Å². The monoisotopic (exact) mass is 437 g/mol. The fraction of sp³-hybridized carbons (Fsp3) is 0.148. The molecule has 0 aliphatic carbocycles. The van der Waals surface area contributed by atoms with E-state index in [2.05, 4.69) is 10.4 Å². The van der Waals surface area contributed by atoms with Gasteiger partial charge in [0.05, 0.1) is 18.3 Å². The number of carbonyl (C=O) groups is 1. The van der Waals surface area contributed by atoms with E-state index in [1.165, 1.54) is 4.68 Å². The summed E-state index contributed by atoms with van der Waals surface area (Å²) in [5.41, 5.74) is 3.26. The molecule has 33 heavy (non-hydrogen) atoms. The average Bonchev–Trinajstić information content (AvgIpc) is 2.86. The number of fused-ring (bicyclic) bond motifs is 1. The number of hydrogen-bond donors (Lipinski definition) is 1. The SMILES string of the molecule is Cn1nc(-c2ccccc2)c(-c2ccccc2)c(C(=O)NC2CCOc3ccccc32)c1=O. The number of para-hydroxylation sites is 1. The summed E-state index contributed by atoms with van der Waals surface area (Å²) in [6.45, 7) is 0.497. The highest BCUT2D eigenvalue weighted by atomic mass is 16.5. The van der Waals surface area contributed by atoms with Crippen LogP contribution in [0.25, 0.3) is 22.4 Å². The summed E-state index contributed by atoms with van der Waals surface area (Å²) in [4.78, 5) is 27.0. The van der Waals surface area contributed by atoms with Crippen molar-refractivity contribution in [2.45, 2.75) is 12.5 Å². The average molecular weight is 437 g/mol. The quantitative estimate of drug-likeness (QED) is 0.515. The number of benzene rings is 3. The molecule has 1 amide bonds. The van der Waals surface area contributed by atoms with Gasteiger partial charge in [-0.3, -0.25) is 9.59 Å². The molecule has 3 aromatic carbocycles. The zero-order chi connectivity index (χ0) is 22.8. The lowest BCUT2D eigenvalue weighted by Crippen LogP contribution is -2.38. The van der Waals surface area contributed by atoms with Gasteiger partial charge in [0, 0.05) is 30.2 Å². The van der Waals surface area contributed by atoms with Crippen LogP contribution >= 0.6 is 0 Å². The van der Waals surface area contributed by atoms with Crippen LogP contribution in [0.5, 0.6) is 5.75 Å². The first-order chi connectivity index (χ1) is 16.1. The Hall–Kier alpha value is -4.19. The predicted octanol–water partition coefficient (Wildman–Crippen LogP) is 4.37. The van der Waals surface area contributed by atoms with Crippen LogP contribution in [0.3, 0.4) is 0 Å². The molecular formula is C27H23N3O3. The fourth-order valence-electron chi connectivity index (χ4n) is 4.25. The Kier molecular flexibility index (Phi) is 5.48. The second-order valence-corrected chi connectivity index (χ2v) is 7.96. The van der Waals surface area contributed by atoms with Crippen LogP contribution < -0.4 is 15.6 Å². The minimum Gasteiger partial charge on any atom is -0.493 e. The molecule has 6 nitrogen and oxygen atoms in total. The van der Waals surface area contributed by atoms with E-state index in [4.69, 9.17) is 4.74 Å². The van der Waals surface area contributed by atoms with E-state index >= 15 is 0 Å². The zero-order valence-corrected chi connectivity index (χ0v) is 18.2. The van der Waals surface area contributed by atoms with Crippen molar-refractivity contribution in [3.8, 4) is 28.1 Å². The van der Waals surface area contributed by atoms with Gasteiger partial charge in [0.2, 0.25) is 0 Å². The maximum Gasteiger partial charge on any atom is 0.280 e. The minimum atomic E-state index is -0.439. The fourth-order valence-corrected chi connectivity index (χ4v) is 4.25. The van der Waals surface area contributed by atoms with Gasteiger partial charge >= 0.3 is 0 Å². The van der Waals surface area contributed by atoms with E-state index in [9.17, 15) is 9.59 Å². The molecular weight excluding hydrogens is 414 g/mol. The summed E-state index contributed by atoms with van der Waals surface area (Å²) in [7, 11) is 1.57. The number of nitrogens with one attached hydrogen (secondary N) is 1. The van der Waals surface area contributed by atoms with Gasteiger partial charge < -0.3 is 10.1 Å². The van der Waals surface area contributed by atoms with Crippen LogP contribution in [0, 0.1) is 0 Å². The van der Waals surface area contributed by atoms with Gasteiger partial charge in [0.15, 0.2) is 0 Å². The number of hydrogen-bond acceptors (Lipinski definition) is 4. The van der Waals surface area contributed by atoms with Gasteiger partial charge in [-0.15, -0.1) is 0 Å². The number of ether oxygens (including phenoxy) is 1. The molecule has 0 saturated carbocycles. The number of carbonyl (C=O) groups excluding carboxylic acids is 1. The van der Waals surface area contributed by atoms with Crippen LogP contribution in [0.15, 0.2) is 89.7 Å². The maximum absolute atomic E-state index is 13.7. The molecule has 5 rings (SSSR count). The molecule has 1 N–H and O–H groups in total. The predicted molar refractivity (Wildman–Crippen MR) is 127 cm³/mol. The highest BCUT2D eigenvalue weighted by Gasteiger charge is 2.28. The molecule has 1 unspecified atom stereocenters. The number of amides is 1. The lowest BCUT2D eigenvalue weighted by molar-refractivity contribution is 0.0923. The third kappa shape index (κ3) is 3.91. The molecule has 4 aromatic rings. The topological polar surface area (TPSA) is 73.2 Å². The van der Waals surface area contributed by atoms with E-state index in [0.29, 0.717) is 24.3 Å². The largest absolute Gasteiger partial charge is 0.493 e. The summed E-state index contributed by atoms with van der Waals surface area (Å²) in [6, 6.07) is 26.5. The summed E-state index contributed by atoms with van der Waals surface area (Å²) in [6.07, 6.45) is 0.625. The van der Waals surface area contributed by atoms with Gasteiger partial charge in [-0.1, -0.05) is 78.9 Å². The smallest absolute Gasteiger partial charge is 0.280 e. The third-order valence-corrected chi connectivity index (χ3v) is 5.85. The van der Waals surface area contributed by atoms with Crippen LogP contribution in [-0.2, 0) is 7.05 Å². The molecule has 1 atom stereocenters. The Balaban J connectivity index is 1.67. The maximum atomic E-state index is 13.7. The van der Waals surface area contributed by atoms with E-state index in [1.54, 1.807) is 7.05 Å². The third-order valence-electron chi connectivity index (χ3n) is 5.85. The van der Waals surface area contributed by atoms with E-state index in [1.807, 2.05) is 84.9 Å². The van der Waals surface area contributed by atoms with Crippen LogP contribution in [0.2, 0.25) is 0 Å². The normalized spacial score (nSPS) is 14.8. The molecule has 6 heteroatoms. The Morgan fingerprint density at radius 3 is 2.30 bits per heavy atom. The summed E-state index contributed by atoms with van der Waals surface area (Å²) in [5.74, 6) is 0.334. The molecule has 0 bridgehead atoms. The van der Waals surface area contributed by atoms with Gasteiger partial charge in [0.1, 0.15) is 11.3 Å². The first kappa shape index (κ1) is 20.7. The highest BCUT2D eigenvalue weighted by Crippen LogP contribution is 2.34. The second-order valence-electron chi connectivity index (χ2n) is 7.96. The van der Waals surface area contributed by atoms with Crippen molar-refractivity contribution in [3.63, 3.8) is 0 Å². The van der Waals surface area contributed by atoms with Crippen LogP contribution in [0.1, 0.15) is 28.4 Å². The molecule has 0 saturated heterocycles. The molecule has 0 spiro atoms. The van der Waals surface area contributed by atoms with Crippen molar-refractivity contribution < 1.29 is 9.53 Å². The number of aryl methyl sites for hydroxylation is 1. The Bertz CT molecular complexity index is 1360. The summed E-state index contributed by atoms with van der Waals surface area (Å²) >= 11 is 0. The molecule has 1 aliphatic heterocycles. The van der Waals surface area contributed by atoms with Gasteiger partial charge in [-0.05, 0) is 11.6 Å². The summed E-state index contributed by atoms with van der Waals surface area (Å²) < 4.78 is 6.96. The number of aromatic nitrogens is 2. The van der Waals surface area contributed by atoms with Crippen molar-refractivity contribution >= 4 is 5.91 Å². The van der Waals surface area contributed by atoms with E-state index in [0.717, 1.165) is 22.4 Å². The molecule has 1 aromatic heterocycles. The summed E-state index contributed by atoms with van der Waals surface area (Å²) in [5, 5.41) is 7.64. The van der Waals surface area contributed by atoms with Gasteiger partial charge in [-0.2, -0.15) is 5.10 Å². The van der Waals surface area contributed by atoms with Gasteiger partial charge in [-0.25, -0.2) is 4.68 Å². The number of rotatable bonds is 4. The Morgan fingerprint density at radius 1 is 0.939 bits per heavy atom. The Morgan fingerprint density at radius 2 is 1.58 bits per heavy atom. The van der Waals surface area contributed by atoms with Crippen LogP contribution in [0.4, 0.5) is 0 Å². The molecule has 164 valence electrons. The van der Waals surface area contributed by atoms with Crippen molar-refractivity contribution in [1.29, 1.82) is 0 Å². The number of nitrogens with zero attached hydrogens (tertiary/aromatic N) is 2. The second kappa shape index (κ2) is 8.74. The lowest BCUT2D eigenvalue weighted by Gasteiger charge is -2.27. The van der Waals surface area contributed by atoms with Crippen molar-refractivity contribution in [2.75, 3.05) is 6.61 Å². The van der Waals surface area contributed by atoms with Crippen molar-refractivity contribution in [2.24, 2.45) is 7.05 Å². The minimum absolute atomic E-state index is 0.0847. The lowest BCUT2D eigenvalue weighted by atomic mass is 9.94. The molecule has 0 radical (unpaired) electrons.